The van der Waals surface area contributed by atoms with Gasteiger partial charge in [0.15, 0.2) is 6.10 Å². The van der Waals surface area contributed by atoms with Crippen molar-refractivity contribution in [2.45, 2.75) is 32.0 Å². The van der Waals surface area contributed by atoms with E-state index in [-0.39, 0.29) is 43.1 Å². The summed E-state index contributed by atoms with van der Waals surface area (Å²) in [7, 11) is 1.32. The van der Waals surface area contributed by atoms with Gasteiger partial charge < -0.3 is 19.7 Å². The number of ether oxygens (including phenoxy) is 2. The van der Waals surface area contributed by atoms with Crippen molar-refractivity contribution in [3.8, 4) is 5.75 Å². The largest absolute Gasteiger partial charge is 0.495 e. The van der Waals surface area contributed by atoms with E-state index in [9.17, 15) is 37.7 Å². The monoisotopic (exact) mass is 473 g/mol. The Bertz CT molecular complexity index is 941. The van der Waals surface area contributed by atoms with Crippen LogP contribution in [0.15, 0.2) is 30.5 Å². The number of carbonyl (C=O) groups is 3. The molecule has 33 heavy (non-hydrogen) atoms. The van der Waals surface area contributed by atoms with Gasteiger partial charge in [-0.15, -0.1) is 0 Å². The molecule has 10 nitrogen and oxygen atoms in total. The number of hydrogen-bond donors (Lipinski definition) is 1. The van der Waals surface area contributed by atoms with E-state index in [1.54, 1.807) is 0 Å². The zero-order valence-electron chi connectivity index (χ0n) is 17.8. The number of non-ortho nitro benzene ring substituents is 1. The van der Waals surface area contributed by atoms with E-state index in [0.29, 0.717) is 6.08 Å². The first-order valence-corrected chi connectivity index (χ1v) is 9.79. The SMILES string of the molecule is COc1ccc([N+](=O)[O-])cc1NC(=O)C(C)OC(=O)C1CCN(/C=C/C(=O)C(F)(F)F)CC1. The van der Waals surface area contributed by atoms with Gasteiger partial charge in [0.25, 0.3) is 17.4 Å². The maximum Gasteiger partial charge on any atom is 0.454 e. The summed E-state index contributed by atoms with van der Waals surface area (Å²) in [5, 5.41) is 13.4. The number of esters is 1. The molecule has 1 saturated heterocycles. The molecule has 1 aromatic rings. The summed E-state index contributed by atoms with van der Waals surface area (Å²) in [6.07, 6.45) is -4.16. The van der Waals surface area contributed by atoms with Gasteiger partial charge in [-0.3, -0.25) is 24.5 Å². The molecule has 1 aromatic carbocycles. The molecule has 0 spiro atoms. The summed E-state index contributed by atoms with van der Waals surface area (Å²) in [5.74, 6) is -3.75. The number of methoxy groups -OCH3 is 1. The average Bonchev–Trinajstić information content (AvgIpc) is 2.76. The predicted molar refractivity (Wildman–Crippen MR) is 108 cm³/mol. The number of piperidine rings is 1. The normalized spacial score (nSPS) is 15.7. The van der Waals surface area contributed by atoms with Crippen molar-refractivity contribution in [1.29, 1.82) is 0 Å². The predicted octanol–water partition coefficient (Wildman–Crippen LogP) is 2.83. The zero-order chi connectivity index (χ0) is 24.8. The molecule has 1 unspecified atom stereocenters. The molecular formula is C20H22F3N3O7. The van der Waals surface area contributed by atoms with Crippen LogP contribution in [-0.4, -0.2) is 60.0 Å². The average molecular weight is 473 g/mol. The second-order valence-electron chi connectivity index (χ2n) is 7.20. The fraction of sp³-hybridized carbons (Fsp3) is 0.450. The Morgan fingerprint density at radius 3 is 2.45 bits per heavy atom. The molecule has 0 saturated carbocycles. The van der Waals surface area contributed by atoms with Crippen molar-refractivity contribution in [2.75, 3.05) is 25.5 Å². The molecule has 0 aromatic heterocycles. The molecule has 0 bridgehead atoms. The number of nitrogens with zero attached hydrogens (tertiary/aromatic N) is 2. The molecule has 1 aliphatic heterocycles. The summed E-state index contributed by atoms with van der Waals surface area (Å²) in [6.45, 7) is 1.79. The lowest BCUT2D eigenvalue weighted by Gasteiger charge is -2.30. The standard InChI is InChI=1S/C20H22F3N3O7/c1-12(18(28)24-15-11-14(26(30)31)3-4-16(15)32-2)33-19(29)13-5-8-25(9-6-13)10-7-17(27)20(21,22)23/h3-4,7,10-13H,5-6,8-9H2,1-2H3,(H,24,28)/b10-7+. The molecule has 1 fully saturated rings. The highest BCUT2D eigenvalue weighted by Crippen LogP contribution is 2.29. The number of likely N-dealkylation sites (tertiary alicyclic amines) is 1. The topological polar surface area (TPSA) is 128 Å². The maximum absolute atomic E-state index is 12.4. The molecule has 1 atom stereocenters. The van der Waals surface area contributed by atoms with Crippen LogP contribution in [-0.2, 0) is 19.1 Å². The maximum atomic E-state index is 12.4. The highest BCUT2D eigenvalue weighted by molar-refractivity contribution is 5.96. The summed E-state index contributed by atoms with van der Waals surface area (Å²) in [6, 6.07) is 3.63. The van der Waals surface area contributed by atoms with Crippen molar-refractivity contribution in [3.63, 3.8) is 0 Å². The third kappa shape index (κ3) is 7.19. The van der Waals surface area contributed by atoms with E-state index in [1.165, 1.54) is 31.1 Å². The van der Waals surface area contributed by atoms with Gasteiger partial charge in [-0.2, -0.15) is 13.2 Å². The van der Waals surface area contributed by atoms with Crippen LogP contribution in [0.1, 0.15) is 19.8 Å². The second-order valence-corrected chi connectivity index (χ2v) is 7.20. The van der Waals surface area contributed by atoms with E-state index in [0.717, 1.165) is 12.3 Å². The lowest BCUT2D eigenvalue weighted by Crippen LogP contribution is -2.37. The van der Waals surface area contributed by atoms with Crippen LogP contribution in [0.2, 0.25) is 0 Å². The van der Waals surface area contributed by atoms with Crippen LogP contribution in [0.5, 0.6) is 5.75 Å². The number of nitro groups is 1. The molecule has 0 aliphatic carbocycles. The van der Waals surface area contributed by atoms with Gasteiger partial charge in [-0.25, -0.2) is 0 Å². The molecule has 0 radical (unpaired) electrons. The molecule has 1 aliphatic rings. The van der Waals surface area contributed by atoms with Crippen LogP contribution < -0.4 is 10.1 Å². The first kappa shape index (κ1) is 25.6. The third-order valence-electron chi connectivity index (χ3n) is 4.89. The number of rotatable bonds is 8. The molecule has 13 heteroatoms. The number of hydrogen-bond acceptors (Lipinski definition) is 8. The number of benzene rings is 1. The van der Waals surface area contributed by atoms with Crippen LogP contribution >= 0.6 is 0 Å². The van der Waals surface area contributed by atoms with E-state index >= 15 is 0 Å². The van der Waals surface area contributed by atoms with Gasteiger partial charge in [-0.05, 0) is 25.8 Å². The molecule has 1 amide bonds. The first-order chi connectivity index (χ1) is 15.4. The molecule has 1 heterocycles. The second kappa shape index (κ2) is 10.8. The lowest BCUT2D eigenvalue weighted by molar-refractivity contribution is -0.384. The van der Waals surface area contributed by atoms with Gasteiger partial charge in [0.2, 0.25) is 0 Å². The van der Waals surface area contributed by atoms with E-state index in [1.807, 2.05) is 0 Å². The molecular weight excluding hydrogens is 451 g/mol. The van der Waals surface area contributed by atoms with E-state index in [2.05, 4.69) is 5.32 Å². The molecule has 2 rings (SSSR count). The fourth-order valence-electron chi connectivity index (χ4n) is 3.02. The number of allylic oxidation sites excluding steroid dienone is 1. The van der Waals surface area contributed by atoms with Crippen LogP contribution in [0.25, 0.3) is 0 Å². The van der Waals surface area contributed by atoms with Crippen LogP contribution in [0.4, 0.5) is 24.5 Å². The van der Waals surface area contributed by atoms with Gasteiger partial charge in [-0.1, -0.05) is 0 Å². The minimum atomic E-state index is -4.94. The lowest BCUT2D eigenvalue weighted by atomic mass is 9.97. The summed E-state index contributed by atoms with van der Waals surface area (Å²) < 4.78 is 47.0. The molecule has 180 valence electrons. The Kier molecular flexibility index (Phi) is 8.38. The number of ketones is 1. The number of halogens is 3. The Balaban J connectivity index is 1.89. The minimum absolute atomic E-state index is 0.0353. The number of nitrogens with one attached hydrogen (secondary N) is 1. The minimum Gasteiger partial charge on any atom is -0.495 e. The quantitative estimate of drug-likeness (QED) is 0.264. The Morgan fingerprint density at radius 2 is 1.91 bits per heavy atom. The Morgan fingerprint density at radius 1 is 1.27 bits per heavy atom. The summed E-state index contributed by atoms with van der Waals surface area (Å²) in [4.78, 5) is 47.5. The summed E-state index contributed by atoms with van der Waals surface area (Å²) in [5.41, 5.74) is -0.235. The number of nitro benzene ring substituents is 1. The number of amides is 1. The summed E-state index contributed by atoms with van der Waals surface area (Å²) >= 11 is 0. The van der Waals surface area contributed by atoms with Gasteiger partial charge in [0.1, 0.15) is 5.75 Å². The third-order valence-corrected chi connectivity index (χ3v) is 4.89. The van der Waals surface area contributed by atoms with Crippen LogP contribution in [0.3, 0.4) is 0 Å². The highest BCUT2D eigenvalue weighted by atomic mass is 19.4. The highest BCUT2D eigenvalue weighted by Gasteiger charge is 2.36. The van der Waals surface area contributed by atoms with E-state index < -0.39 is 40.8 Å². The number of anilines is 1. The van der Waals surface area contributed by atoms with E-state index in [4.69, 9.17) is 9.47 Å². The van der Waals surface area contributed by atoms with Crippen molar-refractivity contribution >= 4 is 29.0 Å². The zero-order valence-corrected chi connectivity index (χ0v) is 17.8. The Hall–Kier alpha value is -3.64. The van der Waals surface area contributed by atoms with Crippen molar-refractivity contribution < 1.29 is 42.0 Å². The first-order valence-electron chi connectivity index (χ1n) is 9.79. The van der Waals surface area contributed by atoms with Crippen molar-refractivity contribution in [3.05, 3.63) is 40.6 Å². The van der Waals surface area contributed by atoms with Crippen molar-refractivity contribution in [1.82, 2.24) is 4.90 Å². The fourth-order valence-corrected chi connectivity index (χ4v) is 3.02. The number of carbonyl (C=O) groups excluding carboxylic acids is 3. The van der Waals surface area contributed by atoms with Gasteiger partial charge in [0.05, 0.1) is 23.6 Å². The van der Waals surface area contributed by atoms with Gasteiger partial charge >= 0.3 is 12.1 Å². The van der Waals surface area contributed by atoms with Crippen LogP contribution in [0, 0.1) is 16.0 Å². The van der Waals surface area contributed by atoms with Crippen molar-refractivity contribution in [2.24, 2.45) is 5.92 Å². The van der Waals surface area contributed by atoms with Gasteiger partial charge in [0, 0.05) is 37.5 Å². The Labute approximate surface area is 186 Å². The smallest absolute Gasteiger partial charge is 0.454 e. The molecule has 1 N–H and O–H groups in total. The number of alkyl halides is 3.